The van der Waals surface area contributed by atoms with Gasteiger partial charge in [-0.2, -0.15) is 0 Å². The first-order valence-corrected chi connectivity index (χ1v) is 4.68. The van der Waals surface area contributed by atoms with Gasteiger partial charge in [0.05, 0.1) is 5.69 Å². The van der Waals surface area contributed by atoms with Crippen LogP contribution in [0.4, 0.5) is 5.95 Å². The van der Waals surface area contributed by atoms with E-state index in [0.717, 1.165) is 16.6 Å². The number of aromatic nitrogens is 2. The van der Waals surface area contributed by atoms with Gasteiger partial charge in [0.25, 0.3) is 0 Å². The zero-order valence-electron chi connectivity index (χ0n) is 6.79. The van der Waals surface area contributed by atoms with Crippen molar-refractivity contribution < 1.29 is 0 Å². The Kier molecular flexibility index (Phi) is 3.22. The molecule has 0 aliphatic carbocycles. The molecule has 0 fully saturated rings. The molecule has 3 nitrogen and oxygen atoms in total. The fraction of sp³-hybridized carbons (Fsp3) is 0.250. The number of halogens is 1. The molecule has 0 aromatic carbocycles. The van der Waals surface area contributed by atoms with E-state index >= 15 is 0 Å². The van der Waals surface area contributed by atoms with E-state index in [0.29, 0.717) is 5.95 Å². The average molecular weight is 228 g/mol. The summed E-state index contributed by atoms with van der Waals surface area (Å²) in [6.45, 7) is 1.91. The minimum absolute atomic E-state index is 0.323. The Hall–Kier alpha value is -0.900. The number of aryl methyl sites for hydroxylation is 1. The maximum atomic E-state index is 5.40. The highest BCUT2D eigenvalue weighted by atomic mass is 79.9. The summed E-state index contributed by atoms with van der Waals surface area (Å²) in [5.74, 6) is 0.323. The number of rotatable bonds is 2. The van der Waals surface area contributed by atoms with Gasteiger partial charge in [0.2, 0.25) is 5.95 Å². The Morgan fingerprint density at radius 1 is 1.67 bits per heavy atom. The molecule has 0 saturated heterocycles. The Bertz CT molecular complexity index is 296. The van der Waals surface area contributed by atoms with Crippen LogP contribution in [-0.2, 0) is 0 Å². The smallest absolute Gasteiger partial charge is 0.220 e. The van der Waals surface area contributed by atoms with Gasteiger partial charge in [-0.3, -0.25) is 0 Å². The molecule has 1 aromatic heterocycles. The SMILES string of the molecule is Cc1nc(N)ncc1C=CCBr. The molecule has 1 heterocycles. The van der Waals surface area contributed by atoms with Gasteiger partial charge in [0.15, 0.2) is 0 Å². The third-order valence-corrected chi connectivity index (χ3v) is 1.80. The van der Waals surface area contributed by atoms with Crippen LogP contribution in [0.3, 0.4) is 0 Å². The normalized spacial score (nSPS) is 10.8. The Balaban J connectivity index is 2.94. The van der Waals surface area contributed by atoms with Crippen LogP contribution in [-0.4, -0.2) is 15.3 Å². The largest absolute Gasteiger partial charge is 0.368 e. The van der Waals surface area contributed by atoms with E-state index in [1.807, 2.05) is 19.1 Å². The second kappa shape index (κ2) is 4.21. The van der Waals surface area contributed by atoms with E-state index in [9.17, 15) is 0 Å². The molecular formula is C8H10BrN3. The lowest BCUT2D eigenvalue weighted by molar-refractivity contribution is 1.11. The summed E-state index contributed by atoms with van der Waals surface area (Å²) in [6.07, 6.45) is 5.67. The summed E-state index contributed by atoms with van der Waals surface area (Å²) in [7, 11) is 0. The van der Waals surface area contributed by atoms with Crippen LogP contribution in [0, 0.1) is 6.92 Å². The minimum Gasteiger partial charge on any atom is -0.368 e. The van der Waals surface area contributed by atoms with Crippen molar-refractivity contribution in [2.75, 3.05) is 11.1 Å². The van der Waals surface area contributed by atoms with Gasteiger partial charge in [-0.05, 0) is 6.92 Å². The van der Waals surface area contributed by atoms with Gasteiger partial charge < -0.3 is 5.73 Å². The highest BCUT2D eigenvalue weighted by Gasteiger charge is 1.95. The second-order valence-electron chi connectivity index (χ2n) is 2.33. The van der Waals surface area contributed by atoms with Crippen LogP contribution >= 0.6 is 15.9 Å². The number of hydrogen-bond acceptors (Lipinski definition) is 3. The molecule has 0 saturated carbocycles. The first kappa shape index (κ1) is 9.19. The van der Waals surface area contributed by atoms with Crippen molar-refractivity contribution in [3.63, 3.8) is 0 Å². The highest BCUT2D eigenvalue weighted by Crippen LogP contribution is 2.06. The first-order chi connectivity index (χ1) is 5.74. The molecule has 0 aliphatic heterocycles. The fourth-order valence-corrected chi connectivity index (χ4v) is 1.02. The lowest BCUT2D eigenvalue weighted by Gasteiger charge is -1.98. The highest BCUT2D eigenvalue weighted by molar-refractivity contribution is 9.09. The van der Waals surface area contributed by atoms with E-state index in [4.69, 9.17) is 5.73 Å². The van der Waals surface area contributed by atoms with Crippen molar-refractivity contribution in [1.82, 2.24) is 9.97 Å². The van der Waals surface area contributed by atoms with Crippen molar-refractivity contribution >= 4 is 28.0 Å². The van der Waals surface area contributed by atoms with Crippen LogP contribution in [0.2, 0.25) is 0 Å². The molecule has 0 spiro atoms. The van der Waals surface area contributed by atoms with Gasteiger partial charge in [-0.15, -0.1) is 0 Å². The first-order valence-electron chi connectivity index (χ1n) is 3.55. The topological polar surface area (TPSA) is 51.8 Å². The summed E-state index contributed by atoms with van der Waals surface area (Å²) >= 11 is 3.29. The quantitative estimate of drug-likeness (QED) is 0.785. The van der Waals surface area contributed by atoms with Crippen molar-refractivity contribution in [1.29, 1.82) is 0 Å². The van der Waals surface area contributed by atoms with E-state index in [1.165, 1.54) is 0 Å². The predicted octanol–water partition coefficient (Wildman–Crippen LogP) is 1.78. The van der Waals surface area contributed by atoms with Crippen molar-refractivity contribution in [2.24, 2.45) is 0 Å². The van der Waals surface area contributed by atoms with Gasteiger partial charge in [0, 0.05) is 17.1 Å². The van der Waals surface area contributed by atoms with Gasteiger partial charge >= 0.3 is 0 Å². The second-order valence-corrected chi connectivity index (χ2v) is 2.97. The van der Waals surface area contributed by atoms with Crippen LogP contribution in [0.15, 0.2) is 12.3 Å². The lowest BCUT2D eigenvalue weighted by atomic mass is 10.2. The Morgan fingerprint density at radius 2 is 2.42 bits per heavy atom. The molecule has 0 radical (unpaired) electrons. The van der Waals surface area contributed by atoms with Crippen LogP contribution in [0.25, 0.3) is 6.08 Å². The summed E-state index contributed by atoms with van der Waals surface area (Å²) in [6, 6.07) is 0. The number of nitrogens with zero attached hydrogens (tertiary/aromatic N) is 2. The summed E-state index contributed by atoms with van der Waals surface area (Å²) in [4.78, 5) is 7.92. The summed E-state index contributed by atoms with van der Waals surface area (Å²) < 4.78 is 0. The van der Waals surface area contributed by atoms with Gasteiger partial charge in [-0.25, -0.2) is 9.97 Å². The van der Waals surface area contributed by atoms with Crippen LogP contribution < -0.4 is 5.73 Å². The van der Waals surface area contributed by atoms with E-state index < -0.39 is 0 Å². The summed E-state index contributed by atoms with van der Waals surface area (Å²) in [5.41, 5.74) is 7.31. The molecule has 1 rings (SSSR count). The monoisotopic (exact) mass is 227 g/mol. The van der Waals surface area contributed by atoms with E-state index in [1.54, 1.807) is 6.20 Å². The maximum absolute atomic E-state index is 5.40. The summed E-state index contributed by atoms with van der Waals surface area (Å²) in [5, 5.41) is 0.830. The molecule has 0 bridgehead atoms. The number of alkyl halides is 1. The Morgan fingerprint density at radius 3 is 3.00 bits per heavy atom. The molecular weight excluding hydrogens is 218 g/mol. The zero-order valence-corrected chi connectivity index (χ0v) is 8.37. The molecule has 0 atom stereocenters. The molecule has 4 heteroatoms. The number of anilines is 1. The van der Waals surface area contributed by atoms with Crippen LogP contribution in [0.1, 0.15) is 11.3 Å². The molecule has 2 N–H and O–H groups in total. The molecule has 0 aliphatic rings. The van der Waals surface area contributed by atoms with Gasteiger partial charge in [-0.1, -0.05) is 28.1 Å². The van der Waals surface area contributed by atoms with Crippen LogP contribution in [0.5, 0.6) is 0 Å². The molecule has 1 aromatic rings. The number of nitrogens with two attached hydrogens (primary N) is 1. The van der Waals surface area contributed by atoms with E-state index in [2.05, 4.69) is 25.9 Å². The maximum Gasteiger partial charge on any atom is 0.220 e. The Labute approximate surface area is 79.8 Å². The number of hydrogen-bond donors (Lipinski definition) is 1. The van der Waals surface area contributed by atoms with Crippen molar-refractivity contribution in [3.8, 4) is 0 Å². The third-order valence-electron chi connectivity index (χ3n) is 1.42. The van der Waals surface area contributed by atoms with Crippen molar-refractivity contribution in [3.05, 3.63) is 23.5 Å². The molecule has 0 amide bonds. The third kappa shape index (κ3) is 2.30. The number of allylic oxidation sites excluding steroid dienone is 1. The standard InChI is InChI=1S/C8H10BrN3/c1-6-7(3-2-4-9)5-11-8(10)12-6/h2-3,5H,4H2,1H3,(H2,10,11,12). The predicted molar refractivity (Wildman–Crippen MR) is 54.0 cm³/mol. The minimum atomic E-state index is 0.323. The molecule has 64 valence electrons. The van der Waals surface area contributed by atoms with Gasteiger partial charge in [0.1, 0.15) is 0 Å². The fourth-order valence-electron chi connectivity index (χ4n) is 0.829. The average Bonchev–Trinajstić information content (AvgIpc) is 2.03. The molecule has 12 heavy (non-hydrogen) atoms. The molecule has 0 unspecified atom stereocenters. The lowest BCUT2D eigenvalue weighted by Crippen LogP contribution is -1.97. The van der Waals surface area contributed by atoms with E-state index in [-0.39, 0.29) is 0 Å². The number of nitrogen functional groups attached to an aromatic ring is 1. The zero-order chi connectivity index (χ0) is 8.97. The van der Waals surface area contributed by atoms with Crippen molar-refractivity contribution in [2.45, 2.75) is 6.92 Å².